The first-order valence-electron chi connectivity index (χ1n) is 6.57. The number of hydrogen-bond acceptors (Lipinski definition) is 8. The van der Waals surface area contributed by atoms with Gasteiger partial charge in [0.25, 0.3) is 5.69 Å². The molecule has 122 valence electrons. The highest BCUT2D eigenvalue weighted by atomic mass is 32.2. The molecule has 0 saturated carbocycles. The van der Waals surface area contributed by atoms with Gasteiger partial charge in [0.2, 0.25) is 0 Å². The summed E-state index contributed by atoms with van der Waals surface area (Å²) in [6.07, 6.45) is 3.85. The summed E-state index contributed by atoms with van der Waals surface area (Å²) in [5.41, 5.74) is 0.629. The van der Waals surface area contributed by atoms with Crippen molar-refractivity contribution in [3.05, 3.63) is 58.5 Å². The van der Waals surface area contributed by atoms with Gasteiger partial charge in [0.1, 0.15) is 5.76 Å². The molecule has 1 heterocycles. The lowest BCUT2D eigenvalue weighted by Crippen LogP contribution is -2.36. The van der Waals surface area contributed by atoms with Crippen molar-refractivity contribution < 1.29 is 19.2 Å². The van der Waals surface area contributed by atoms with Gasteiger partial charge in [-0.2, -0.15) is 0 Å². The first-order chi connectivity index (χ1) is 10.8. The summed E-state index contributed by atoms with van der Waals surface area (Å²) in [6.45, 7) is 1.88. The number of hydrogen-bond donors (Lipinski definition) is 2. The van der Waals surface area contributed by atoms with Gasteiger partial charge in [-0.1, -0.05) is 0 Å². The summed E-state index contributed by atoms with van der Waals surface area (Å²) in [5.74, 6) is 0.242. The number of ether oxygens (including phenoxy) is 2. The molecule has 0 amide bonds. The minimum atomic E-state index is -1.09. The molecule has 0 atom stereocenters. The van der Waals surface area contributed by atoms with Crippen molar-refractivity contribution >= 4 is 42.8 Å². The molecule has 2 rings (SSSR count). The quantitative estimate of drug-likeness (QED) is 0.283. The van der Waals surface area contributed by atoms with Gasteiger partial charge in [0.05, 0.1) is 11.5 Å². The van der Waals surface area contributed by atoms with Crippen LogP contribution in [-0.4, -0.2) is 21.9 Å². The summed E-state index contributed by atoms with van der Waals surface area (Å²) in [7, 11) is 0. The van der Waals surface area contributed by atoms with E-state index < -0.39 is 15.3 Å². The smallest absolute Gasteiger partial charge is 0.434 e. The largest absolute Gasteiger partial charge is 0.513 e. The fraction of sp³-hybridized carbons (Fsp3) is 0.214. The second kappa shape index (κ2) is 6.97. The van der Waals surface area contributed by atoms with Crippen molar-refractivity contribution in [3.63, 3.8) is 0 Å². The van der Waals surface area contributed by atoms with E-state index in [1.165, 1.54) is 18.2 Å². The van der Waals surface area contributed by atoms with Crippen LogP contribution in [0.1, 0.15) is 6.92 Å². The maximum absolute atomic E-state index is 11.3. The number of anilines is 1. The van der Waals surface area contributed by atoms with Crippen LogP contribution in [0.2, 0.25) is 0 Å². The molecule has 0 spiro atoms. The van der Waals surface area contributed by atoms with E-state index in [9.17, 15) is 14.9 Å². The van der Waals surface area contributed by atoms with E-state index in [1.807, 2.05) is 0 Å². The van der Waals surface area contributed by atoms with Crippen molar-refractivity contribution in [2.75, 3.05) is 11.5 Å². The molecule has 0 aliphatic carbocycles. The molecule has 0 fully saturated rings. The van der Waals surface area contributed by atoms with Crippen LogP contribution >= 0.6 is 25.3 Å². The Bertz CT molecular complexity index is 670. The van der Waals surface area contributed by atoms with Gasteiger partial charge in [-0.25, -0.2) is 4.79 Å². The predicted molar refractivity (Wildman–Crippen MR) is 91.6 cm³/mol. The van der Waals surface area contributed by atoms with E-state index in [1.54, 1.807) is 36.2 Å². The molecule has 1 aliphatic rings. The molecular formula is C14H14N2O5S2. The highest BCUT2D eigenvalue weighted by molar-refractivity contribution is 8.01. The third-order valence-corrected chi connectivity index (χ3v) is 3.57. The Hall–Kier alpha value is -2.13. The maximum atomic E-state index is 11.3. The molecule has 0 radical (unpaired) electrons. The van der Waals surface area contributed by atoms with E-state index in [-0.39, 0.29) is 18.1 Å². The van der Waals surface area contributed by atoms with Crippen LogP contribution in [0.5, 0.6) is 0 Å². The monoisotopic (exact) mass is 354 g/mol. The van der Waals surface area contributed by atoms with Gasteiger partial charge < -0.3 is 14.4 Å². The number of benzene rings is 1. The molecule has 0 N–H and O–H groups in total. The molecule has 1 aliphatic heterocycles. The summed E-state index contributed by atoms with van der Waals surface area (Å²) in [6, 6.07) is 5.92. The second-order valence-corrected chi connectivity index (χ2v) is 6.19. The Balaban J connectivity index is 2.17. The lowest BCUT2D eigenvalue weighted by molar-refractivity contribution is -0.384. The zero-order valence-corrected chi connectivity index (χ0v) is 13.9. The minimum absolute atomic E-state index is 0.0134. The molecule has 0 unspecified atom stereocenters. The number of allylic oxidation sites excluding steroid dienone is 1. The number of nitro benzene ring substituents is 1. The summed E-state index contributed by atoms with van der Waals surface area (Å²) in [5, 5.41) is 10.7. The van der Waals surface area contributed by atoms with Gasteiger partial charge in [0.15, 0.2) is 4.20 Å². The zero-order chi connectivity index (χ0) is 17.0. The molecular weight excluding hydrogens is 340 g/mol. The van der Waals surface area contributed by atoms with E-state index in [0.717, 1.165) is 0 Å². The van der Waals surface area contributed by atoms with Crippen LogP contribution in [-0.2, 0) is 9.47 Å². The molecule has 0 bridgehead atoms. The number of carbonyl (C=O) groups excluding carboxylic acids is 1. The van der Waals surface area contributed by atoms with Crippen molar-refractivity contribution in [2.24, 2.45) is 0 Å². The fourth-order valence-electron chi connectivity index (χ4n) is 1.88. The fourth-order valence-corrected chi connectivity index (χ4v) is 2.50. The summed E-state index contributed by atoms with van der Waals surface area (Å²) < 4.78 is 8.61. The van der Waals surface area contributed by atoms with Gasteiger partial charge in [-0.15, -0.1) is 25.3 Å². The number of nitrogens with zero attached hydrogens (tertiary/aromatic N) is 2. The van der Waals surface area contributed by atoms with Crippen LogP contribution < -0.4 is 4.90 Å². The van der Waals surface area contributed by atoms with Gasteiger partial charge >= 0.3 is 6.16 Å². The van der Waals surface area contributed by atoms with Crippen LogP contribution in [0.4, 0.5) is 16.2 Å². The number of nitro groups is 1. The van der Waals surface area contributed by atoms with Crippen LogP contribution in [0.25, 0.3) is 0 Å². The normalized spacial score (nSPS) is 15.8. The first kappa shape index (κ1) is 17.2. The van der Waals surface area contributed by atoms with Gasteiger partial charge in [-0.3, -0.25) is 10.1 Å². The van der Waals surface area contributed by atoms with E-state index in [4.69, 9.17) is 9.47 Å². The van der Waals surface area contributed by atoms with Crippen LogP contribution in [0, 0.1) is 10.1 Å². The Kier molecular flexibility index (Phi) is 5.22. The number of carbonyl (C=O) groups is 1. The van der Waals surface area contributed by atoms with Crippen molar-refractivity contribution in [2.45, 2.75) is 11.1 Å². The average Bonchev–Trinajstić information content (AvgIpc) is 2.46. The van der Waals surface area contributed by atoms with E-state index >= 15 is 0 Å². The highest BCUT2D eigenvalue weighted by Gasteiger charge is 2.30. The molecule has 1 aromatic carbocycles. The Labute approximate surface area is 143 Å². The second-order valence-electron chi connectivity index (χ2n) is 4.48. The lowest BCUT2D eigenvalue weighted by Gasteiger charge is -2.36. The molecule has 9 heteroatoms. The van der Waals surface area contributed by atoms with Crippen molar-refractivity contribution in [1.82, 2.24) is 0 Å². The first-order valence-corrected chi connectivity index (χ1v) is 7.47. The van der Waals surface area contributed by atoms with Gasteiger partial charge in [-0.05, 0) is 25.1 Å². The lowest BCUT2D eigenvalue weighted by atomic mass is 10.2. The molecule has 7 nitrogen and oxygen atoms in total. The van der Waals surface area contributed by atoms with Crippen LogP contribution in [0.3, 0.4) is 0 Å². The summed E-state index contributed by atoms with van der Waals surface area (Å²) in [4.78, 5) is 23.2. The molecule has 0 aromatic heterocycles. The standard InChI is InChI=1S/C14H14N2O5S2/c1-2-20-13(17)21-12-7-8-15(14(22,23)9-12)10-3-5-11(6-4-10)16(18)19/h3-9,22-23H,2H2,1H3. The van der Waals surface area contributed by atoms with Crippen molar-refractivity contribution in [3.8, 4) is 0 Å². The van der Waals surface area contributed by atoms with E-state index in [0.29, 0.717) is 5.69 Å². The Morgan fingerprint density at radius 2 is 2.00 bits per heavy atom. The zero-order valence-electron chi connectivity index (χ0n) is 12.1. The number of non-ortho nitro benzene ring substituents is 1. The average molecular weight is 354 g/mol. The highest BCUT2D eigenvalue weighted by Crippen LogP contribution is 2.37. The van der Waals surface area contributed by atoms with Crippen molar-refractivity contribution in [1.29, 1.82) is 0 Å². The Morgan fingerprint density at radius 1 is 1.35 bits per heavy atom. The van der Waals surface area contributed by atoms with Gasteiger partial charge in [0, 0.05) is 30.1 Å². The third kappa shape index (κ3) is 4.20. The van der Waals surface area contributed by atoms with E-state index in [2.05, 4.69) is 25.3 Å². The predicted octanol–water partition coefficient (Wildman–Crippen LogP) is 3.50. The minimum Gasteiger partial charge on any atom is -0.434 e. The number of thiol groups is 2. The van der Waals surface area contributed by atoms with Crippen LogP contribution in [0.15, 0.2) is 48.4 Å². The molecule has 23 heavy (non-hydrogen) atoms. The number of rotatable bonds is 4. The maximum Gasteiger partial charge on any atom is 0.513 e. The molecule has 0 saturated heterocycles. The SMILES string of the molecule is CCOC(=O)OC1=CC(S)(S)N(c2ccc([N+](=O)[O-])cc2)C=C1. The Morgan fingerprint density at radius 3 is 2.52 bits per heavy atom. The topological polar surface area (TPSA) is 81.9 Å². The molecule has 1 aromatic rings. The summed E-state index contributed by atoms with van der Waals surface area (Å²) >= 11 is 8.84. The third-order valence-electron chi connectivity index (χ3n) is 2.88.